The summed E-state index contributed by atoms with van der Waals surface area (Å²) in [6, 6.07) is 0. The molecule has 0 heteroatoms. The molecule has 4 saturated carbocycles. The van der Waals surface area contributed by atoms with E-state index in [0.717, 1.165) is 11.8 Å². The molecule has 0 spiro atoms. The van der Waals surface area contributed by atoms with Crippen LogP contribution in [0.4, 0.5) is 0 Å². The average molecular weight is 232 g/mol. The van der Waals surface area contributed by atoms with Crippen LogP contribution < -0.4 is 0 Å². The van der Waals surface area contributed by atoms with Crippen molar-refractivity contribution in [2.45, 2.75) is 70.6 Å². The lowest BCUT2D eigenvalue weighted by molar-refractivity contribution is -0.0219. The van der Waals surface area contributed by atoms with E-state index in [0.29, 0.717) is 0 Å². The lowest BCUT2D eigenvalue weighted by Gasteiger charge is -2.52. The highest BCUT2D eigenvalue weighted by molar-refractivity contribution is 5.00. The van der Waals surface area contributed by atoms with Crippen molar-refractivity contribution in [2.75, 3.05) is 0 Å². The molecule has 4 aliphatic rings. The molecule has 0 aromatic heterocycles. The third-order valence-corrected chi connectivity index (χ3v) is 6.70. The second kappa shape index (κ2) is 4.28. The Kier molecular flexibility index (Phi) is 2.74. The molecule has 4 unspecified atom stereocenters. The fourth-order valence-corrected chi connectivity index (χ4v) is 5.96. The van der Waals surface area contributed by atoms with E-state index in [2.05, 4.69) is 0 Å². The molecule has 96 valence electrons. The predicted molar refractivity (Wildman–Crippen MR) is 71.7 cm³/mol. The quantitative estimate of drug-likeness (QED) is 0.595. The first kappa shape index (κ1) is 10.9. The Morgan fingerprint density at radius 1 is 0.471 bits per heavy atom. The molecular formula is C17H28. The Morgan fingerprint density at radius 2 is 1.00 bits per heavy atom. The van der Waals surface area contributed by atoms with Gasteiger partial charge in [-0.2, -0.15) is 0 Å². The number of rotatable bonds is 1. The maximum absolute atomic E-state index is 1.64. The fraction of sp³-hybridized carbons (Fsp3) is 1.00. The van der Waals surface area contributed by atoms with E-state index in [1.54, 1.807) is 70.6 Å². The van der Waals surface area contributed by atoms with Crippen LogP contribution in [-0.2, 0) is 0 Å². The van der Waals surface area contributed by atoms with Gasteiger partial charge in [-0.05, 0) is 67.6 Å². The zero-order valence-electron chi connectivity index (χ0n) is 11.2. The van der Waals surface area contributed by atoms with E-state index >= 15 is 0 Å². The SMILES string of the molecule is C1CCC2C(C1)CC1CCCCC1C2C1CC1. The van der Waals surface area contributed by atoms with E-state index in [-0.39, 0.29) is 0 Å². The Balaban J connectivity index is 1.60. The Hall–Kier alpha value is 0. The van der Waals surface area contributed by atoms with Gasteiger partial charge >= 0.3 is 0 Å². The molecule has 0 aliphatic heterocycles. The summed E-state index contributed by atoms with van der Waals surface area (Å²) in [6.07, 6.45) is 17.4. The molecule has 0 bridgehead atoms. The summed E-state index contributed by atoms with van der Waals surface area (Å²) >= 11 is 0. The summed E-state index contributed by atoms with van der Waals surface area (Å²) < 4.78 is 0. The molecule has 4 fully saturated rings. The number of hydrogen-bond acceptors (Lipinski definition) is 0. The van der Waals surface area contributed by atoms with Gasteiger partial charge < -0.3 is 0 Å². The number of fused-ring (bicyclic) bond motifs is 2. The Morgan fingerprint density at radius 3 is 1.53 bits per heavy atom. The van der Waals surface area contributed by atoms with Gasteiger partial charge in [0.25, 0.3) is 0 Å². The molecule has 0 aromatic rings. The fourth-order valence-electron chi connectivity index (χ4n) is 5.96. The summed E-state index contributed by atoms with van der Waals surface area (Å²) in [4.78, 5) is 0. The molecule has 4 aliphatic carbocycles. The maximum Gasteiger partial charge on any atom is -0.0324 e. The number of hydrogen-bond donors (Lipinski definition) is 0. The van der Waals surface area contributed by atoms with Crippen LogP contribution in [-0.4, -0.2) is 0 Å². The van der Waals surface area contributed by atoms with E-state index in [1.165, 1.54) is 23.7 Å². The molecule has 0 radical (unpaired) electrons. The van der Waals surface area contributed by atoms with Crippen molar-refractivity contribution >= 4 is 0 Å². The molecule has 4 rings (SSSR count). The summed E-state index contributed by atoms with van der Waals surface area (Å²) in [5, 5.41) is 0. The molecule has 0 N–H and O–H groups in total. The molecule has 0 amide bonds. The molecule has 0 saturated heterocycles. The maximum atomic E-state index is 1.64. The van der Waals surface area contributed by atoms with Crippen LogP contribution in [0.3, 0.4) is 0 Å². The summed E-state index contributed by atoms with van der Waals surface area (Å²) in [6.45, 7) is 0. The average Bonchev–Trinajstić information content (AvgIpc) is 3.20. The summed E-state index contributed by atoms with van der Waals surface area (Å²) in [7, 11) is 0. The highest BCUT2D eigenvalue weighted by Crippen LogP contribution is 2.59. The van der Waals surface area contributed by atoms with E-state index in [4.69, 9.17) is 0 Å². The Labute approximate surface area is 107 Å². The molecule has 0 heterocycles. The van der Waals surface area contributed by atoms with Gasteiger partial charge in [0.1, 0.15) is 0 Å². The highest BCUT2D eigenvalue weighted by Gasteiger charge is 2.50. The van der Waals surface area contributed by atoms with Crippen LogP contribution in [0.1, 0.15) is 70.6 Å². The van der Waals surface area contributed by atoms with Gasteiger partial charge in [0.15, 0.2) is 0 Å². The first-order chi connectivity index (χ1) is 8.43. The second-order valence-corrected chi connectivity index (χ2v) is 7.57. The zero-order valence-corrected chi connectivity index (χ0v) is 11.2. The topological polar surface area (TPSA) is 0 Å². The van der Waals surface area contributed by atoms with Gasteiger partial charge in [-0.25, -0.2) is 0 Å². The van der Waals surface area contributed by atoms with Crippen LogP contribution in [0.15, 0.2) is 0 Å². The normalized spacial score (nSPS) is 50.5. The van der Waals surface area contributed by atoms with Gasteiger partial charge in [0.2, 0.25) is 0 Å². The van der Waals surface area contributed by atoms with Crippen molar-refractivity contribution in [3.63, 3.8) is 0 Å². The molecule has 0 aromatic carbocycles. The van der Waals surface area contributed by atoms with Gasteiger partial charge in [0.05, 0.1) is 0 Å². The van der Waals surface area contributed by atoms with Gasteiger partial charge in [-0.1, -0.05) is 38.5 Å². The molecule has 17 heavy (non-hydrogen) atoms. The van der Waals surface area contributed by atoms with Gasteiger partial charge in [0, 0.05) is 0 Å². The minimum absolute atomic E-state index is 1.16. The molecule has 0 nitrogen and oxygen atoms in total. The minimum atomic E-state index is 1.16. The summed E-state index contributed by atoms with van der Waals surface area (Å²) in [5.41, 5.74) is 0. The second-order valence-electron chi connectivity index (χ2n) is 7.57. The Bertz CT molecular complexity index is 256. The van der Waals surface area contributed by atoms with Crippen molar-refractivity contribution in [2.24, 2.45) is 35.5 Å². The van der Waals surface area contributed by atoms with Crippen LogP contribution in [0.25, 0.3) is 0 Å². The summed E-state index contributed by atoms with van der Waals surface area (Å²) in [5.74, 6) is 7.06. The standard InChI is InChI=1S/C17H28/c1-3-7-15-13(5-1)11-14-6-2-4-8-16(14)17(15)12-9-10-12/h12-17H,1-11H2. The van der Waals surface area contributed by atoms with Gasteiger partial charge in [-0.3, -0.25) is 0 Å². The molecule has 4 atom stereocenters. The van der Waals surface area contributed by atoms with Gasteiger partial charge in [-0.15, -0.1) is 0 Å². The zero-order chi connectivity index (χ0) is 11.2. The molecular weight excluding hydrogens is 204 g/mol. The van der Waals surface area contributed by atoms with E-state index in [9.17, 15) is 0 Å². The smallest absolute Gasteiger partial charge is 0.0324 e. The first-order valence-electron chi connectivity index (χ1n) is 8.43. The third kappa shape index (κ3) is 1.87. The predicted octanol–water partition coefficient (Wildman–Crippen LogP) is 5.03. The lowest BCUT2D eigenvalue weighted by atomic mass is 9.54. The van der Waals surface area contributed by atoms with Crippen LogP contribution in [0, 0.1) is 35.5 Å². The van der Waals surface area contributed by atoms with Crippen molar-refractivity contribution in [1.82, 2.24) is 0 Å². The van der Waals surface area contributed by atoms with E-state index < -0.39 is 0 Å². The third-order valence-electron chi connectivity index (χ3n) is 6.70. The largest absolute Gasteiger partial charge is 0.0530 e. The van der Waals surface area contributed by atoms with Crippen LogP contribution >= 0.6 is 0 Å². The van der Waals surface area contributed by atoms with Crippen LogP contribution in [0.5, 0.6) is 0 Å². The van der Waals surface area contributed by atoms with Crippen molar-refractivity contribution in [1.29, 1.82) is 0 Å². The lowest BCUT2D eigenvalue weighted by Crippen LogP contribution is -2.43. The monoisotopic (exact) mass is 232 g/mol. The van der Waals surface area contributed by atoms with Crippen molar-refractivity contribution in [3.8, 4) is 0 Å². The first-order valence-corrected chi connectivity index (χ1v) is 8.43. The van der Waals surface area contributed by atoms with Crippen molar-refractivity contribution in [3.05, 3.63) is 0 Å². The van der Waals surface area contributed by atoms with Crippen LogP contribution in [0.2, 0.25) is 0 Å². The van der Waals surface area contributed by atoms with Crippen molar-refractivity contribution < 1.29 is 0 Å². The minimum Gasteiger partial charge on any atom is -0.0530 e. The highest BCUT2D eigenvalue weighted by atomic mass is 14.6. The van der Waals surface area contributed by atoms with E-state index in [1.807, 2.05) is 0 Å².